The summed E-state index contributed by atoms with van der Waals surface area (Å²) >= 11 is 0. The molecule has 232 valence electrons. The van der Waals surface area contributed by atoms with Crippen LogP contribution in [0.2, 0.25) is 0 Å². The van der Waals surface area contributed by atoms with Crippen molar-refractivity contribution in [3.8, 4) is 0 Å². The Morgan fingerprint density at radius 2 is 0.886 bits per heavy atom. The van der Waals surface area contributed by atoms with Gasteiger partial charge in [0.25, 0.3) is 10.1 Å². The van der Waals surface area contributed by atoms with E-state index < -0.39 is 21.7 Å². The van der Waals surface area contributed by atoms with Gasteiger partial charge >= 0.3 is 0 Å². The van der Waals surface area contributed by atoms with Crippen molar-refractivity contribution in [3.63, 3.8) is 0 Å². The van der Waals surface area contributed by atoms with Gasteiger partial charge in [-0.3, -0.25) is 4.18 Å². The van der Waals surface area contributed by atoms with Gasteiger partial charge < -0.3 is 24.1 Å². The van der Waals surface area contributed by atoms with Gasteiger partial charge in [-0.15, -0.1) is 0 Å². The van der Waals surface area contributed by atoms with Crippen LogP contribution in [0.25, 0.3) is 0 Å². The summed E-state index contributed by atoms with van der Waals surface area (Å²) in [7, 11) is -3.47. The second-order valence-electron chi connectivity index (χ2n) is 10.8. The Hall–Kier alpha value is -3.41. The molecule has 0 aromatic heterocycles. The zero-order valence-electron chi connectivity index (χ0n) is 24.7. The van der Waals surface area contributed by atoms with Crippen LogP contribution in [0.3, 0.4) is 0 Å². The van der Waals surface area contributed by atoms with Crippen LogP contribution in [0.15, 0.2) is 121 Å². The second kappa shape index (κ2) is 14.6. The van der Waals surface area contributed by atoms with Crippen LogP contribution in [0.1, 0.15) is 22.3 Å². The van der Waals surface area contributed by atoms with E-state index in [4.69, 9.17) is 23.1 Å². The predicted octanol–water partition coefficient (Wildman–Crippen LogP) is 5.07. The lowest BCUT2D eigenvalue weighted by atomic mass is 9.95. The summed E-state index contributed by atoms with van der Waals surface area (Å²) in [5.41, 5.74) is 3.75. The molecule has 0 unspecified atom stereocenters. The summed E-state index contributed by atoms with van der Waals surface area (Å²) in [6.45, 7) is 1.80. The quantitative estimate of drug-likeness (QED) is 0.273. The minimum absolute atomic E-state index is 0.0375. The fourth-order valence-corrected chi connectivity index (χ4v) is 5.61. The van der Waals surface area contributed by atoms with Gasteiger partial charge in [-0.25, -0.2) is 0 Å². The molecule has 8 nitrogen and oxygen atoms in total. The predicted molar refractivity (Wildman–Crippen MR) is 166 cm³/mol. The molecule has 9 heteroatoms. The third-order valence-corrected chi connectivity index (χ3v) is 8.04. The monoisotopic (exact) mass is 618 g/mol. The molecule has 0 saturated carbocycles. The summed E-state index contributed by atoms with van der Waals surface area (Å²) in [4.78, 5) is 0. The highest BCUT2D eigenvalue weighted by molar-refractivity contribution is 7.85. The van der Waals surface area contributed by atoms with Gasteiger partial charge in [0.15, 0.2) is 0 Å². The van der Waals surface area contributed by atoms with Crippen molar-refractivity contribution >= 4 is 10.1 Å². The zero-order chi connectivity index (χ0) is 30.9. The van der Waals surface area contributed by atoms with Crippen LogP contribution >= 0.6 is 0 Å². The van der Waals surface area contributed by atoms with Crippen molar-refractivity contribution in [2.24, 2.45) is 11.8 Å². The lowest BCUT2D eigenvalue weighted by Crippen LogP contribution is -2.44. The van der Waals surface area contributed by atoms with E-state index in [1.54, 1.807) is 0 Å². The fourth-order valence-electron chi connectivity index (χ4n) is 5.17. The molecular formula is C35H38O8S. The van der Waals surface area contributed by atoms with Crippen LogP contribution in [-0.4, -0.2) is 59.4 Å². The van der Waals surface area contributed by atoms with E-state index in [0.717, 1.165) is 28.5 Å². The van der Waals surface area contributed by atoms with Crippen LogP contribution in [0.4, 0.5) is 0 Å². The highest BCUT2D eigenvalue weighted by Gasteiger charge is 2.42. The number of benzene rings is 4. The van der Waals surface area contributed by atoms with Gasteiger partial charge in [0.05, 0.1) is 45.9 Å². The highest BCUT2D eigenvalue weighted by Crippen LogP contribution is 2.39. The van der Waals surface area contributed by atoms with Gasteiger partial charge in [0, 0.05) is 34.1 Å². The number of aliphatic hydroxyl groups is 1. The molecule has 2 saturated heterocycles. The molecule has 4 aromatic rings. The minimum Gasteiger partial charge on any atom is -0.396 e. The molecule has 44 heavy (non-hydrogen) atoms. The maximum Gasteiger partial charge on any atom is 0.264 e. The molecule has 0 atom stereocenters. The van der Waals surface area contributed by atoms with Gasteiger partial charge in [-0.2, -0.15) is 8.42 Å². The van der Waals surface area contributed by atoms with E-state index >= 15 is 0 Å². The average Bonchev–Trinajstić information content (AvgIpc) is 3.09. The van der Waals surface area contributed by atoms with E-state index in [9.17, 15) is 13.5 Å². The Kier molecular flexibility index (Phi) is 10.6. The lowest BCUT2D eigenvalue weighted by Gasteiger charge is -2.40. The number of rotatable bonds is 8. The smallest absolute Gasteiger partial charge is 0.264 e. The second-order valence-corrected chi connectivity index (χ2v) is 12.5. The first kappa shape index (κ1) is 32.0. The lowest BCUT2D eigenvalue weighted by molar-refractivity contribution is -0.270. The molecule has 2 fully saturated rings. The molecule has 0 bridgehead atoms. The summed E-state index contributed by atoms with van der Waals surface area (Å²) in [6.07, 6.45) is 1.04. The molecular weight excluding hydrogens is 580 g/mol. The third kappa shape index (κ3) is 7.62. The zero-order valence-corrected chi connectivity index (χ0v) is 25.5. The number of hydrogen-bond donors (Lipinski definition) is 1. The topological polar surface area (TPSA) is 101 Å². The fraction of sp³-hybridized carbons (Fsp3) is 0.314. The van der Waals surface area contributed by atoms with Crippen molar-refractivity contribution in [1.29, 1.82) is 0 Å². The highest BCUT2D eigenvalue weighted by atomic mass is 32.2. The molecule has 2 aliphatic rings. The summed E-state index contributed by atoms with van der Waals surface area (Å²) < 4.78 is 51.5. The number of hydrogen-bond acceptors (Lipinski definition) is 8. The van der Waals surface area contributed by atoms with Crippen LogP contribution < -0.4 is 0 Å². The summed E-state index contributed by atoms with van der Waals surface area (Å²) in [6, 6.07) is 39.3. The first-order valence-corrected chi connectivity index (χ1v) is 16.4. The molecule has 4 aromatic carbocycles. The van der Waals surface area contributed by atoms with Crippen LogP contribution in [0.5, 0.6) is 0 Å². The maximum atomic E-state index is 11.1. The standard InChI is InChI=1S/C18H20O5S.C17H18O3/c1-24(19,20)23-14-15-12-21-18(22-13-15,16-8-4-2-5-9-16)17-10-6-3-7-11-17;18-11-14-12-19-17(20-13-14,15-7-3-1-4-8-15)16-9-5-2-6-10-16/h2-11,15H,12-14H2,1H3;1-10,14,18H,11-13H2. The number of ether oxygens (including phenoxy) is 4. The van der Waals surface area contributed by atoms with Crippen LogP contribution in [0, 0.1) is 11.8 Å². The van der Waals surface area contributed by atoms with Crippen molar-refractivity contribution in [3.05, 3.63) is 144 Å². The minimum atomic E-state index is -3.47. The molecule has 1 N–H and O–H groups in total. The molecule has 0 aliphatic carbocycles. The Bertz CT molecular complexity index is 1430. The maximum absolute atomic E-state index is 11.1. The summed E-state index contributed by atoms with van der Waals surface area (Å²) in [5, 5.41) is 9.24. The Labute approximate surface area is 259 Å². The first-order chi connectivity index (χ1) is 21.3. The van der Waals surface area contributed by atoms with E-state index in [0.29, 0.717) is 26.4 Å². The SMILES string of the molecule is CS(=O)(=O)OCC1COC(c2ccccc2)(c2ccccc2)OC1.OCC1COC(c2ccccc2)(c2ccccc2)OC1. The van der Waals surface area contributed by atoms with Gasteiger partial charge in [-0.1, -0.05) is 121 Å². The third-order valence-electron chi connectivity index (χ3n) is 7.48. The van der Waals surface area contributed by atoms with Gasteiger partial charge in [-0.05, 0) is 0 Å². The average molecular weight is 619 g/mol. The molecule has 6 rings (SSSR count). The van der Waals surface area contributed by atoms with E-state index in [-0.39, 0.29) is 25.0 Å². The van der Waals surface area contributed by atoms with E-state index in [2.05, 4.69) is 0 Å². The van der Waals surface area contributed by atoms with E-state index in [1.807, 2.05) is 121 Å². The molecule has 2 aliphatic heterocycles. The number of aliphatic hydroxyl groups excluding tert-OH is 1. The van der Waals surface area contributed by atoms with Crippen molar-refractivity contribution in [1.82, 2.24) is 0 Å². The summed E-state index contributed by atoms with van der Waals surface area (Å²) in [5.74, 6) is -1.95. The Morgan fingerprint density at radius 3 is 1.16 bits per heavy atom. The van der Waals surface area contributed by atoms with Gasteiger partial charge in [0.2, 0.25) is 11.6 Å². The van der Waals surface area contributed by atoms with E-state index in [1.165, 1.54) is 0 Å². The van der Waals surface area contributed by atoms with Gasteiger partial charge in [0.1, 0.15) is 0 Å². The van der Waals surface area contributed by atoms with Crippen molar-refractivity contribution in [2.75, 3.05) is 45.9 Å². The van der Waals surface area contributed by atoms with Crippen molar-refractivity contribution in [2.45, 2.75) is 11.6 Å². The first-order valence-electron chi connectivity index (χ1n) is 14.6. The largest absolute Gasteiger partial charge is 0.396 e. The molecule has 0 amide bonds. The molecule has 2 heterocycles. The molecule has 0 radical (unpaired) electrons. The Morgan fingerprint density at radius 1 is 0.591 bits per heavy atom. The van der Waals surface area contributed by atoms with Crippen LogP contribution in [-0.2, 0) is 44.8 Å². The van der Waals surface area contributed by atoms with Crippen molar-refractivity contribution < 1.29 is 36.7 Å². The normalized spacial score (nSPS) is 18.6. The Balaban J connectivity index is 0.000000177. The molecule has 0 spiro atoms.